The van der Waals surface area contributed by atoms with Crippen molar-refractivity contribution in [2.24, 2.45) is 0 Å². The van der Waals surface area contributed by atoms with E-state index in [0.717, 1.165) is 0 Å². The molecule has 0 unspecified atom stereocenters. The molecule has 0 aliphatic heterocycles. The van der Waals surface area contributed by atoms with Gasteiger partial charge in [0.25, 0.3) is 0 Å². The summed E-state index contributed by atoms with van der Waals surface area (Å²) in [5.41, 5.74) is 0. The molecule has 0 bridgehead atoms. The highest BCUT2D eigenvalue weighted by Gasteiger charge is 2.20. The van der Waals surface area contributed by atoms with Crippen LogP contribution < -0.4 is 14.2 Å². The first-order valence-electron chi connectivity index (χ1n) is 5.92. The van der Waals surface area contributed by atoms with Gasteiger partial charge in [-0.25, -0.2) is 13.1 Å². The number of methoxy groups -OCH3 is 2. The van der Waals surface area contributed by atoms with Crippen LogP contribution in [0.25, 0.3) is 0 Å². The lowest BCUT2D eigenvalue weighted by Crippen LogP contribution is -2.23. The van der Waals surface area contributed by atoms with Crippen LogP contribution in [0, 0.1) is 0 Å². The van der Waals surface area contributed by atoms with E-state index in [1.165, 1.54) is 32.4 Å². The van der Waals surface area contributed by atoms with Gasteiger partial charge in [-0.2, -0.15) is 0 Å². The Labute approximate surface area is 127 Å². The maximum Gasteiger partial charge on any atom is 0.244 e. The summed E-state index contributed by atoms with van der Waals surface area (Å²) in [4.78, 5) is -0.0120. The van der Waals surface area contributed by atoms with E-state index in [-0.39, 0.29) is 22.4 Å². The van der Waals surface area contributed by atoms with Gasteiger partial charge in [0.15, 0.2) is 5.22 Å². The molecule has 0 saturated carbocycles. The molecule has 0 spiro atoms. The van der Waals surface area contributed by atoms with Crippen molar-refractivity contribution in [3.63, 3.8) is 0 Å². The lowest BCUT2D eigenvalue weighted by atomic mass is 10.3. The molecule has 2 aromatic rings. The van der Waals surface area contributed by atoms with E-state index >= 15 is 0 Å². The summed E-state index contributed by atoms with van der Waals surface area (Å²) >= 11 is 5.63. The molecule has 21 heavy (non-hydrogen) atoms. The van der Waals surface area contributed by atoms with Gasteiger partial charge in [0.1, 0.15) is 22.2 Å². The lowest BCUT2D eigenvalue weighted by molar-refractivity contribution is 0.391. The quantitative estimate of drug-likeness (QED) is 0.879. The van der Waals surface area contributed by atoms with Crippen LogP contribution in [-0.2, 0) is 16.6 Å². The molecule has 0 radical (unpaired) electrons. The minimum Gasteiger partial charge on any atom is -0.497 e. The first-order chi connectivity index (χ1) is 9.96. The Morgan fingerprint density at radius 3 is 2.52 bits per heavy atom. The monoisotopic (exact) mass is 331 g/mol. The first-order valence-corrected chi connectivity index (χ1v) is 7.78. The van der Waals surface area contributed by atoms with Crippen LogP contribution in [0.5, 0.6) is 11.5 Å². The third-order valence-electron chi connectivity index (χ3n) is 2.73. The molecule has 1 N–H and O–H groups in total. The molecule has 6 nitrogen and oxygen atoms in total. The van der Waals surface area contributed by atoms with Gasteiger partial charge in [0.05, 0.1) is 20.8 Å². The Hall–Kier alpha value is -1.70. The Bertz CT molecular complexity index is 726. The first kappa shape index (κ1) is 15.7. The number of nitrogens with one attached hydrogen (secondary N) is 1. The Kier molecular flexibility index (Phi) is 4.76. The van der Waals surface area contributed by atoms with Gasteiger partial charge < -0.3 is 13.9 Å². The van der Waals surface area contributed by atoms with Crippen molar-refractivity contribution >= 4 is 21.6 Å². The Balaban J connectivity index is 2.26. The number of sulfonamides is 1. The minimum absolute atomic E-state index is 0.0120. The normalized spacial score (nSPS) is 11.4. The van der Waals surface area contributed by atoms with Crippen LogP contribution in [0.4, 0.5) is 0 Å². The molecule has 1 aromatic carbocycles. The second-order valence-electron chi connectivity index (χ2n) is 4.05. The highest BCUT2D eigenvalue weighted by atomic mass is 35.5. The summed E-state index contributed by atoms with van der Waals surface area (Å²) in [6.07, 6.45) is 0. The zero-order valence-corrected chi connectivity index (χ0v) is 13.0. The minimum atomic E-state index is -3.78. The van der Waals surface area contributed by atoms with E-state index in [4.69, 9.17) is 25.5 Å². The Morgan fingerprint density at radius 2 is 1.95 bits per heavy atom. The van der Waals surface area contributed by atoms with Gasteiger partial charge in [-0.1, -0.05) is 0 Å². The molecule has 0 aliphatic carbocycles. The molecular formula is C13H14ClNO5S. The van der Waals surface area contributed by atoms with E-state index in [2.05, 4.69) is 4.72 Å². The number of rotatable bonds is 6. The Morgan fingerprint density at radius 1 is 1.19 bits per heavy atom. The zero-order valence-electron chi connectivity index (χ0n) is 11.4. The summed E-state index contributed by atoms with van der Waals surface area (Å²) in [5.74, 6) is 1.04. The van der Waals surface area contributed by atoms with Gasteiger partial charge in [-0.05, 0) is 35.9 Å². The average Bonchev–Trinajstić information content (AvgIpc) is 2.90. The smallest absolute Gasteiger partial charge is 0.244 e. The molecule has 0 saturated heterocycles. The summed E-state index contributed by atoms with van der Waals surface area (Å²) in [6, 6.07) is 7.66. The zero-order chi connectivity index (χ0) is 15.5. The molecule has 0 aliphatic rings. The molecule has 0 fully saturated rings. The molecule has 2 rings (SSSR count). The highest BCUT2D eigenvalue weighted by molar-refractivity contribution is 7.89. The van der Waals surface area contributed by atoms with Crippen LogP contribution in [-0.4, -0.2) is 22.6 Å². The number of furan rings is 1. The number of ether oxygens (including phenoxy) is 2. The van der Waals surface area contributed by atoms with E-state index < -0.39 is 10.0 Å². The molecule has 114 valence electrons. The SMILES string of the molecule is COc1ccc(OC)c(S(=O)(=O)NCc2ccc(Cl)o2)c1. The van der Waals surface area contributed by atoms with Crippen LogP contribution in [0.2, 0.25) is 5.22 Å². The van der Waals surface area contributed by atoms with Crippen LogP contribution in [0.15, 0.2) is 39.6 Å². The third-order valence-corrected chi connectivity index (χ3v) is 4.35. The van der Waals surface area contributed by atoms with Crippen molar-refractivity contribution in [2.75, 3.05) is 14.2 Å². The van der Waals surface area contributed by atoms with Gasteiger partial charge in [0, 0.05) is 6.07 Å². The van der Waals surface area contributed by atoms with Gasteiger partial charge in [0.2, 0.25) is 10.0 Å². The van der Waals surface area contributed by atoms with Crippen molar-refractivity contribution in [1.82, 2.24) is 4.72 Å². The van der Waals surface area contributed by atoms with E-state index in [9.17, 15) is 8.42 Å². The second-order valence-corrected chi connectivity index (χ2v) is 6.16. The van der Waals surface area contributed by atoms with E-state index in [1.807, 2.05) is 0 Å². The third kappa shape index (κ3) is 3.69. The van der Waals surface area contributed by atoms with Crippen molar-refractivity contribution in [3.05, 3.63) is 41.3 Å². The van der Waals surface area contributed by atoms with Crippen molar-refractivity contribution in [3.8, 4) is 11.5 Å². The maximum absolute atomic E-state index is 12.3. The summed E-state index contributed by atoms with van der Waals surface area (Å²) in [5, 5.41) is 0.197. The topological polar surface area (TPSA) is 77.8 Å². The summed E-state index contributed by atoms with van der Waals surface area (Å²) < 4.78 is 42.3. The number of halogens is 1. The molecule has 8 heteroatoms. The molecule has 0 atom stereocenters. The highest BCUT2D eigenvalue weighted by Crippen LogP contribution is 2.28. The fourth-order valence-electron chi connectivity index (χ4n) is 1.68. The van der Waals surface area contributed by atoms with E-state index in [0.29, 0.717) is 11.5 Å². The van der Waals surface area contributed by atoms with Gasteiger partial charge in [-0.3, -0.25) is 0 Å². The van der Waals surface area contributed by atoms with Crippen LogP contribution in [0.3, 0.4) is 0 Å². The van der Waals surface area contributed by atoms with Crippen molar-refractivity contribution in [1.29, 1.82) is 0 Å². The van der Waals surface area contributed by atoms with Crippen LogP contribution >= 0.6 is 11.6 Å². The number of benzene rings is 1. The largest absolute Gasteiger partial charge is 0.497 e. The fourth-order valence-corrected chi connectivity index (χ4v) is 3.02. The number of hydrogen-bond acceptors (Lipinski definition) is 5. The molecule has 1 heterocycles. The predicted octanol–water partition coefficient (Wildman–Crippen LogP) is 2.43. The summed E-state index contributed by atoms with van der Waals surface area (Å²) in [6.45, 7) is -0.0184. The fraction of sp³-hybridized carbons (Fsp3) is 0.231. The lowest BCUT2D eigenvalue weighted by Gasteiger charge is -2.11. The molecule has 1 aromatic heterocycles. The summed E-state index contributed by atoms with van der Waals surface area (Å²) in [7, 11) is -0.932. The van der Waals surface area contributed by atoms with Crippen molar-refractivity contribution in [2.45, 2.75) is 11.4 Å². The van der Waals surface area contributed by atoms with Crippen molar-refractivity contribution < 1.29 is 22.3 Å². The van der Waals surface area contributed by atoms with E-state index in [1.54, 1.807) is 12.1 Å². The molecular weight excluding hydrogens is 318 g/mol. The number of hydrogen-bond donors (Lipinski definition) is 1. The predicted molar refractivity (Wildman–Crippen MR) is 77.3 cm³/mol. The molecule has 0 amide bonds. The average molecular weight is 332 g/mol. The van der Waals surface area contributed by atoms with Crippen LogP contribution in [0.1, 0.15) is 5.76 Å². The van der Waals surface area contributed by atoms with Gasteiger partial charge >= 0.3 is 0 Å². The maximum atomic E-state index is 12.3. The second kappa shape index (κ2) is 6.38. The van der Waals surface area contributed by atoms with Gasteiger partial charge in [-0.15, -0.1) is 0 Å². The standard InChI is InChI=1S/C13H14ClNO5S/c1-18-9-3-5-11(19-2)12(7-9)21(16,17)15-8-10-4-6-13(14)20-10/h3-7,15H,8H2,1-2H3.